The summed E-state index contributed by atoms with van der Waals surface area (Å²) in [4.78, 5) is 0.107. The molecule has 0 spiro atoms. The van der Waals surface area contributed by atoms with E-state index in [9.17, 15) is 8.42 Å². The van der Waals surface area contributed by atoms with Crippen molar-refractivity contribution >= 4 is 10.0 Å². The van der Waals surface area contributed by atoms with Crippen molar-refractivity contribution in [1.82, 2.24) is 4.72 Å². The number of aliphatic hydroxyl groups is 1. The summed E-state index contributed by atoms with van der Waals surface area (Å²) < 4.78 is 31.4. The zero-order valence-corrected chi connectivity index (χ0v) is 11.8. The van der Waals surface area contributed by atoms with E-state index >= 15 is 0 Å². The normalized spacial score (nSPS) is 10.9. The number of ether oxygens (including phenoxy) is 1. The van der Waals surface area contributed by atoms with Crippen molar-refractivity contribution in [2.24, 2.45) is 0 Å². The lowest BCUT2D eigenvalue weighted by Gasteiger charge is -2.09. The number of hydrogen-bond donors (Lipinski definition) is 2. The number of hydrogen-bond acceptors (Lipinski definition) is 4. The molecule has 0 saturated heterocycles. The number of nitrogens with one attached hydrogen (secondary N) is 1. The summed E-state index contributed by atoms with van der Waals surface area (Å²) in [5, 5.41) is 8.71. The zero-order valence-electron chi connectivity index (χ0n) is 10.9. The van der Waals surface area contributed by atoms with E-state index in [4.69, 9.17) is 9.84 Å². The van der Waals surface area contributed by atoms with Gasteiger partial charge in [0.2, 0.25) is 10.0 Å². The Labute approximate surface area is 113 Å². The third kappa shape index (κ3) is 4.65. The molecule has 6 heteroatoms. The lowest BCUT2D eigenvalue weighted by atomic mass is 10.1. The number of aliphatic hydroxyl groups excluding tert-OH is 1. The first kappa shape index (κ1) is 15.7. The lowest BCUT2D eigenvalue weighted by molar-refractivity contribution is 0.204. The Bertz CT molecular complexity index is 584. The Hall–Kier alpha value is -1.39. The van der Waals surface area contributed by atoms with Gasteiger partial charge < -0.3 is 9.84 Å². The van der Waals surface area contributed by atoms with Crippen LogP contribution >= 0.6 is 0 Å². The predicted octanol–water partition coefficient (Wildman–Crippen LogP) is 0.264. The largest absolute Gasteiger partial charge is 0.384 e. The molecule has 0 aromatic heterocycles. The first-order chi connectivity index (χ1) is 9.01. The number of benzene rings is 1. The summed E-state index contributed by atoms with van der Waals surface area (Å²) in [5.74, 6) is 5.11. The van der Waals surface area contributed by atoms with Crippen LogP contribution in [0.2, 0.25) is 0 Å². The number of sulfonamides is 1. The average molecular weight is 283 g/mol. The second-order valence-electron chi connectivity index (χ2n) is 3.85. The summed E-state index contributed by atoms with van der Waals surface area (Å²) in [6.07, 6.45) is 0. The van der Waals surface area contributed by atoms with Crippen LogP contribution in [0, 0.1) is 18.8 Å². The summed E-state index contributed by atoms with van der Waals surface area (Å²) in [7, 11) is -2.13. The van der Waals surface area contributed by atoms with Gasteiger partial charge in [0.25, 0.3) is 0 Å². The molecule has 0 saturated carbocycles. The van der Waals surface area contributed by atoms with E-state index in [1.807, 2.05) is 6.92 Å². The molecule has 0 amide bonds. The maximum atomic E-state index is 12.1. The smallest absolute Gasteiger partial charge is 0.241 e. The molecular formula is C13H17NO4S. The van der Waals surface area contributed by atoms with Gasteiger partial charge in [0.05, 0.1) is 11.5 Å². The molecule has 1 aromatic rings. The van der Waals surface area contributed by atoms with E-state index in [0.29, 0.717) is 12.2 Å². The van der Waals surface area contributed by atoms with Gasteiger partial charge >= 0.3 is 0 Å². The Kier molecular flexibility index (Phi) is 5.99. The molecule has 1 aromatic carbocycles. The summed E-state index contributed by atoms with van der Waals surface area (Å²) >= 11 is 0. The highest BCUT2D eigenvalue weighted by molar-refractivity contribution is 7.89. The van der Waals surface area contributed by atoms with Gasteiger partial charge in [-0.2, -0.15) is 0 Å². The van der Waals surface area contributed by atoms with E-state index in [2.05, 4.69) is 16.6 Å². The maximum absolute atomic E-state index is 12.1. The summed E-state index contributed by atoms with van der Waals surface area (Å²) in [6, 6.07) is 4.88. The quantitative estimate of drug-likeness (QED) is 0.600. The lowest BCUT2D eigenvalue weighted by Crippen LogP contribution is -2.27. The molecule has 19 heavy (non-hydrogen) atoms. The number of rotatable bonds is 5. The minimum atomic E-state index is -3.62. The van der Waals surface area contributed by atoms with Gasteiger partial charge in [-0.05, 0) is 24.6 Å². The molecule has 0 heterocycles. The van der Waals surface area contributed by atoms with Gasteiger partial charge in [-0.25, -0.2) is 13.1 Å². The molecule has 2 N–H and O–H groups in total. The molecule has 0 aliphatic carbocycles. The van der Waals surface area contributed by atoms with Crippen LogP contribution in [0.3, 0.4) is 0 Å². The van der Waals surface area contributed by atoms with Crippen LogP contribution in [-0.2, 0) is 14.8 Å². The standard InChI is InChI=1S/C13H17NO4S/c1-11-5-6-13(12(10-11)4-3-8-15)19(16,17)14-7-9-18-2/h5-6,10,14-15H,7-9H2,1-2H3. The van der Waals surface area contributed by atoms with Crippen LogP contribution in [0.1, 0.15) is 11.1 Å². The third-order valence-corrected chi connectivity index (χ3v) is 3.84. The second-order valence-corrected chi connectivity index (χ2v) is 5.59. The van der Waals surface area contributed by atoms with Crippen LogP contribution in [0.4, 0.5) is 0 Å². The molecule has 0 aliphatic heterocycles. The molecule has 104 valence electrons. The number of aryl methyl sites for hydroxylation is 1. The van der Waals surface area contributed by atoms with Crippen LogP contribution in [-0.4, -0.2) is 40.4 Å². The average Bonchev–Trinajstić information content (AvgIpc) is 2.36. The first-order valence-corrected chi connectivity index (χ1v) is 7.18. The zero-order chi connectivity index (χ0) is 14.3. The molecule has 0 fully saturated rings. The molecule has 5 nitrogen and oxygen atoms in total. The van der Waals surface area contributed by atoms with Gasteiger partial charge in [0.1, 0.15) is 6.61 Å². The third-order valence-electron chi connectivity index (χ3n) is 2.32. The highest BCUT2D eigenvalue weighted by atomic mass is 32.2. The van der Waals surface area contributed by atoms with Crippen molar-refractivity contribution in [2.45, 2.75) is 11.8 Å². The van der Waals surface area contributed by atoms with Crippen molar-refractivity contribution in [1.29, 1.82) is 0 Å². The topological polar surface area (TPSA) is 75.6 Å². The Morgan fingerprint density at radius 3 is 2.79 bits per heavy atom. The van der Waals surface area contributed by atoms with Crippen LogP contribution < -0.4 is 4.72 Å². The highest BCUT2D eigenvalue weighted by Crippen LogP contribution is 2.16. The fourth-order valence-electron chi connectivity index (χ4n) is 1.47. The van der Waals surface area contributed by atoms with Crippen molar-refractivity contribution in [3.63, 3.8) is 0 Å². The predicted molar refractivity (Wildman–Crippen MR) is 72.2 cm³/mol. The molecule has 1 rings (SSSR count). The van der Waals surface area contributed by atoms with Crippen LogP contribution in [0.25, 0.3) is 0 Å². The van der Waals surface area contributed by atoms with Crippen LogP contribution in [0.5, 0.6) is 0 Å². The van der Waals surface area contributed by atoms with Crippen LogP contribution in [0.15, 0.2) is 23.1 Å². The van der Waals surface area contributed by atoms with Gasteiger partial charge in [-0.3, -0.25) is 0 Å². The van der Waals surface area contributed by atoms with Crippen molar-refractivity contribution in [3.8, 4) is 11.8 Å². The monoisotopic (exact) mass is 283 g/mol. The number of methoxy groups -OCH3 is 1. The molecule has 0 aliphatic rings. The van der Waals surface area contributed by atoms with E-state index < -0.39 is 10.0 Å². The molecule has 0 bridgehead atoms. The fraction of sp³-hybridized carbons (Fsp3) is 0.385. The summed E-state index contributed by atoms with van der Waals surface area (Å²) in [6.45, 7) is 2.02. The highest BCUT2D eigenvalue weighted by Gasteiger charge is 2.17. The SMILES string of the molecule is COCCNS(=O)(=O)c1ccc(C)cc1C#CCO. The van der Waals surface area contributed by atoms with E-state index in [-0.39, 0.29) is 18.0 Å². The van der Waals surface area contributed by atoms with Gasteiger partial charge in [0.15, 0.2) is 0 Å². The first-order valence-electron chi connectivity index (χ1n) is 5.70. The minimum Gasteiger partial charge on any atom is -0.384 e. The van der Waals surface area contributed by atoms with E-state index in [1.165, 1.54) is 13.2 Å². The van der Waals surface area contributed by atoms with Crippen molar-refractivity contribution < 1.29 is 18.3 Å². The van der Waals surface area contributed by atoms with E-state index in [1.54, 1.807) is 12.1 Å². The van der Waals surface area contributed by atoms with Gasteiger partial charge in [-0.15, -0.1) is 0 Å². The van der Waals surface area contributed by atoms with E-state index in [0.717, 1.165) is 5.56 Å². The Morgan fingerprint density at radius 2 is 2.16 bits per heavy atom. The Morgan fingerprint density at radius 1 is 1.42 bits per heavy atom. The van der Waals surface area contributed by atoms with Gasteiger partial charge in [0, 0.05) is 19.2 Å². The fourth-order valence-corrected chi connectivity index (χ4v) is 2.62. The maximum Gasteiger partial charge on any atom is 0.241 e. The molecule has 0 atom stereocenters. The molecule has 0 unspecified atom stereocenters. The second kappa shape index (κ2) is 7.26. The minimum absolute atomic E-state index is 0.107. The summed E-state index contributed by atoms with van der Waals surface area (Å²) in [5.41, 5.74) is 1.28. The van der Waals surface area contributed by atoms with Gasteiger partial charge in [-0.1, -0.05) is 17.9 Å². The molecular weight excluding hydrogens is 266 g/mol. The molecule has 0 radical (unpaired) electrons. The van der Waals surface area contributed by atoms with Crippen molar-refractivity contribution in [2.75, 3.05) is 26.9 Å². The van der Waals surface area contributed by atoms with Crippen molar-refractivity contribution in [3.05, 3.63) is 29.3 Å². The Balaban J connectivity index is 3.11.